The van der Waals surface area contributed by atoms with Crippen LogP contribution in [-0.4, -0.2) is 19.8 Å². The van der Waals surface area contributed by atoms with Crippen LogP contribution in [0.5, 0.6) is 0 Å². The number of rotatable bonds is 9. The third kappa shape index (κ3) is 6.75. The van der Waals surface area contributed by atoms with Crippen LogP contribution in [0.1, 0.15) is 25.8 Å². The van der Waals surface area contributed by atoms with E-state index in [1.54, 1.807) is 0 Å². The van der Waals surface area contributed by atoms with E-state index >= 15 is 0 Å². The zero-order valence-electron chi connectivity index (χ0n) is 10.6. The van der Waals surface area contributed by atoms with Crippen LogP contribution < -0.4 is 0 Å². The van der Waals surface area contributed by atoms with Crippen LogP contribution in [0, 0.1) is 0 Å². The molecule has 0 N–H and O–H groups in total. The van der Waals surface area contributed by atoms with Gasteiger partial charge in [0.1, 0.15) is 0 Å². The van der Waals surface area contributed by atoms with Gasteiger partial charge in [0.25, 0.3) is 0 Å². The van der Waals surface area contributed by atoms with E-state index in [4.69, 9.17) is 13.6 Å². The molecule has 0 radical (unpaired) electrons. The van der Waals surface area contributed by atoms with Crippen molar-refractivity contribution in [2.45, 2.75) is 26.7 Å². The van der Waals surface area contributed by atoms with E-state index < -0.39 is 8.60 Å². The van der Waals surface area contributed by atoms with E-state index in [2.05, 4.69) is 24.3 Å². The van der Waals surface area contributed by atoms with E-state index in [9.17, 15) is 0 Å². The topological polar surface area (TPSA) is 27.7 Å². The molecule has 0 aliphatic carbocycles. The number of benzene rings is 1. The second-order valence-corrected chi connectivity index (χ2v) is 4.70. The Labute approximate surface area is 105 Å². The monoisotopic (exact) mass is 256 g/mol. The van der Waals surface area contributed by atoms with Crippen LogP contribution in [0.25, 0.3) is 0 Å². The lowest BCUT2D eigenvalue weighted by molar-refractivity contribution is 0.169. The highest BCUT2D eigenvalue weighted by Gasteiger charge is 2.09. The van der Waals surface area contributed by atoms with Gasteiger partial charge >= 0.3 is 8.60 Å². The molecule has 1 aromatic carbocycles. The molecule has 0 atom stereocenters. The molecule has 0 bridgehead atoms. The molecule has 0 aliphatic heterocycles. The van der Waals surface area contributed by atoms with Gasteiger partial charge in [-0.1, -0.05) is 30.3 Å². The summed E-state index contributed by atoms with van der Waals surface area (Å²) in [7, 11) is -1.14. The van der Waals surface area contributed by atoms with Crippen LogP contribution in [-0.2, 0) is 20.0 Å². The molecule has 3 nitrogen and oxygen atoms in total. The van der Waals surface area contributed by atoms with Crippen molar-refractivity contribution in [1.82, 2.24) is 0 Å². The van der Waals surface area contributed by atoms with Gasteiger partial charge in [-0.05, 0) is 32.3 Å². The van der Waals surface area contributed by atoms with Crippen molar-refractivity contribution >= 4 is 8.60 Å². The maximum atomic E-state index is 5.57. The third-order valence-electron chi connectivity index (χ3n) is 2.12. The van der Waals surface area contributed by atoms with Gasteiger partial charge in [-0.25, -0.2) is 0 Å². The average Bonchev–Trinajstić information content (AvgIpc) is 2.36. The highest BCUT2D eigenvalue weighted by Crippen LogP contribution is 2.39. The van der Waals surface area contributed by atoms with Gasteiger partial charge in [0.05, 0.1) is 19.8 Å². The Balaban J connectivity index is 2.13. The Bertz CT molecular complexity index is 273. The normalized spacial score (nSPS) is 11.0. The molecule has 0 fully saturated rings. The van der Waals surface area contributed by atoms with Crippen molar-refractivity contribution in [3.8, 4) is 0 Å². The average molecular weight is 256 g/mol. The zero-order chi connectivity index (χ0) is 12.3. The summed E-state index contributed by atoms with van der Waals surface area (Å²) in [6.07, 6.45) is 2.02. The highest BCUT2D eigenvalue weighted by atomic mass is 31.2. The Kier molecular flexibility index (Phi) is 8.20. The van der Waals surface area contributed by atoms with Crippen LogP contribution in [0.4, 0.5) is 0 Å². The molecule has 1 aromatic rings. The zero-order valence-corrected chi connectivity index (χ0v) is 11.5. The minimum Gasteiger partial charge on any atom is -0.313 e. The molecule has 17 heavy (non-hydrogen) atoms. The summed E-state index contributed by atoms with van der Waals surface area (Å²) >= 11 is 0. The summed E-state index contributed by atoms with van der Waals surface area (Å²) in [5.41, 5.74) is 1.34. The third-order valence-corrected chi connectivity index (χ3v) is 3.45. The fraction of sp³-hybridized carbons (Fsp3) is 0.538. The summed E-state index contributed by atoms with van der Waals surface area (Å²) in [4.78, 5) is 0. The number of hydrogen-bond donors (Lipinski definition) is 0. The summed E-state index contributed by atoms with van der Waals surface area (Å²) in [6, 6.07) is 10.4. The molecule has 96 valence electrons. The number of hydrogen-bond acceptors (Lipinski definition) is 3. The molecular weight excluding hydrogens is 235 g/mol. The fourth-order valence-corrected chi connectivity index (χ4v) is 2.31. The van der Waals surface area contributed by atoms with Gasteiger partial charge in [0.15, 0.2) is 0 Å². The molecule has 0 unspecified atom stereocenters. The fourth-order valence-electron chi connectivity index (χ4n) is 1.38. The van der Waals surface area contributed by atoms with E-state index in [1.165, 1.54) is 5.56 Å². The molecule has 0 saturated carbocycles. The number of aryl methyl sites for hydroxylation is 1. The first-order valence-corrected chi connectivity index (χ1v) is 7.19. The standard InChI is InChI=1S/C13H21O3P/c1-3-14-17(15-4-2)16-12-8-11-13-9-6-5-7-10-13/h5-7,9-10H,3-4,8,11-12H2,1-2H3. The lowest BCUT2D eigenvalue weighted by Gasteiger charge is -2.14. The van der Waals surface area contributed by atoms with Crippen molar-refractivity contribution in [2.24, 2.45) is 0 Å². The predicted molar refractivity (Wildman–Crippen MR) is 70.9 cm³/mol. The SMILES string of the molecule is CCOP(OCC)OCCCc1ccccc1. The van der Waals surface area contributed by atoms with E-state index in [1.807, 2.05) is 19.9 Å². The molecule has 0 aliphatic rings. The van der Waals surface area contributed by atoms with Crippen molar-refractivity contribution in [1.29, 1.82) is 0 Å². The Morgan fingerprint density at radius 2 is 1.59 bits per heavy atom. The van der Waals surface area contributed by atoms with Gasteiger partial charge in [0, 0.05) is 0 Å². The van der Waals surface area contributed by atoms with Crippen LogP contribution in [0.2, 0.25) is 0 Å². The van der Waals surface area contributed by atoms with Crippen LogP contribution in [0.3, 0.4) is 0 Å². The summed E-state index contributed by atoms with van der Waals surface area (Å²) in [5.74, 6) is 0. The second kappa shape index (κ2) is 9.55. The molecule has 0 amide bonds. The Morgan fingerprint density at radius 1 is 0.941 bits per heavy atom. The van der Waals surface area contributed by atoms with Gasteiger partial charge in [-0.3, -0.25) is 0 Å². The maximum Gasteiger partial charge on any atom is 0.332 e. The summed E-state index contributed by atoms with van der Waals surface area (Å²) in [6.45, 7) is 5.83. The van der Waals surface area contributed by atoms with E-state index in [0.717, 1.165) is 12.8 Å². The van der Waals surface area contributed by atoms with Gasteiger partial charge in [-0.2, -0.15) is 0 Å². The molecule has 4 heteroatoms. The second-order valence-electron chi connectivity index (χ2n) is 3.48. The summed E-state index contributed by atoms with van der Waals surface area (Å²) in [5, 5.41) is 0. The lowest BCUT2D eigenvalue weighted by atomic mass is 10.1. The first-order valence-electron chi connectivity index (χ1n) is 6.09. The van der Waals surface area contributed by atoms with Crippen LogP contribution >= 0.6 is 8.60 Å². The lowest BCUT2D eigenvalue weighted by Crippen LogP contribution is -1.98. The summed E-state index contributed by atoms with van der Waals surface area (Å²) < 4.78 is 16.3. The van der Waals surface area contributed by atoms with Gasteiger partial charge in [-0.15, -0.1) is 0 Å². The highest BCUT2D eigenvalue weighted by molar-refractivity contribution is 7.41. The molecule has 0 spiro atoms. The molecule has 0 aromatic heterocycles. The minimum absolute atomic E-state index is 0.629. The van der Waals surface area contributed by atoms with E-state index in [0.29, 0.717) is 19.8 Å². The first-order chi connectivity index (χ1) is 8.36. The largest absolute Gasteiger partial charge is 0.332 e. The predicted octanol–water partition coefficient (Wildman–Crippen LogP) is 3.94. The molecule has 1 rings (SSSR count). The Morgan fingerprint density at radius 3 is 2.18 bits per heavy atom. The van der Waals surface area contributed by atoms with Crippen molar-refractivity contribution in [3.63, 3.8) is 0 Å². The van der Waals surface area contributed by atoms with Crippen LogP contribution in [0.15, 0.2) is 30.3 Å². The minimum atomic E-state index is -1.14. The van der Waals surface area contributed by atoms with Crippen molar-refractivity contribution < 1.29 is 13.6 Å². The maximum absolute atomic E-state index is 5.57. The van der Waals surface area contributed by atoms with Crippen molar-refractivity contribution in [3.05, 3.63) is 35.9 Å². The molecular formula is C13H21O3P. The van der Waals surface area contributed by atoms with Crippen molar-refractivity contribution in [2.75, 3.05) is 19.8 Å². The van der Waals surface area contributed by atoms with Gasteiger partial charge < -0.3 is 13.6 Å². The first kappa shape index (κ1) is 14.6. The van der Waals surface area contributed by atoms with Gasteiger partial charge in [0.2, 0.25) is 0 Å². The Hall–Kier alpha value is -0.470. The quantitative estimate of drug-likeness (QED) is 0.495. The smallest absolute Gasteiger partial charge is 0.313 e. The molecule has 0 heterocycles. The van der Waals surface area contributed by atoms with E-state index in [-0.39, 0.29) is 0 Å². The molecule has 0 saturated heterocycles.